The summed E-state index contributed by atoms with van der Waals surface area (Å²) in [7, 11) is 0. The van der Waals surface area contributed by atoms with Gasteiger partial charge in [-0.2, -0.15) is 5.10 Å². The van der Waals surface area contributed by atoms with Gasteiger partial charge in [-0.25, -0.2) is 4.98 Å². The molecule has 0 aromatic carbocycles. The fraction of sp³-hybridized carbons (Fsp3) is 0. The van der Waals surface area contributed by atoms with Crippen LogP contribution in [0.4, 0.5) is 11.5 Å². The average molecular weight is 330 g/mol. The summed E-state index contributed by atoms with van der Waals surface area (Å²) >= 11 is 3.34. The van der Waals surface area contributed by atoms with Crippen LogP contribution < -0.4 is 5.43 Å². The Hall–Kier alpha value is -2.58. The molecule has 0 spiro atoms. The van der Waals surface area contributed by atoms with E-state index in [-0.39, 0.29) is 5.69 Å². The Labute approximate surface area is 133 Å². The molecule has 8 heteroatoms. The van der Waals surface area contributed by atoms with Gasteiger partial charge in [0, 0.05) is 20.7 Å². The molecule has 0 atom stereocenters. The summed E-state index contributed by atoms with van der Waals surface area (Å²) in [6.07, 6.45) is 2.89. The molecular formula is C14H10N4O2S2. The minimum absolute atomic E-state index is 0.0478. The summed E-state index contributed by atoms with van der Waals surface area (Å²) in [5.41, 5.74) is 2.70. The summed E-state index contributed by atoms with van der Waals surface area (Å²) in [5.74, 6) is 0.455. The van der Waals surface area contributed by atoms with Crippen LogP contribution in [0.1, 0.15) is 4.88 Å². The van der Waals surface area contributed by atoms with Crippen LogP contribution in [0, 0.1) is 10.1 Å². The van der Waals surface area contributed by atoms with Crippen molar-refractivity contribution in [3.63, 3.8) is 0 Å². The van der Waals surface area contributed by atoms with Gasteiger partial charge in [-0.05, 0) is 29.6 Å². The van der Waals surface area contributed by atoms with Crippen LogP contribution in [0.15, 0.2) is 53.1 Å². The minimum Gasteiger partial charge on any atom is -0.261 e. The lowest BCUT2D eigenvalue weighted by atomic mass is 10.4. The zero-order valence-electron chi connectivity index (χ0n) is 11.2. The highest BCUT2D eigenvalue weighted by molar-refractivity contribution is 7.22. The first-order chi connectivity index (χ1) is 10.7. The summed E-state index contributed by atoms with van der Waals surface area (Å²) in [6, 6.07) is 11.0. The molecule has 0 saturated heterocycles. The number of nitrogens with one attached hydrogen (secondary N) is 1. The predicted octanol–water partition coefficient (Wildman–Crippen LogP) is 4.23. The van der Waals surface area contributed by atoms with Crippen molar-refractivity contribution in [1.29, 1.82) is 0 Å². The molecule has 0 radical (unpaired) electrons. The lowest BCUT2D eigenvalue weighted by molar-refractivity contribution is -0.385. The quantitative estimate of drug-likeness (QED) is 0.431. The van der Waals surface area contributed by atoms with Gasteiger partial charge in [0.05, 0.1) is 11.1 Å². The molecule has 0 aliphatic rings. The highest BCUT2D eigenvalue weighted by Gasteiger charge is 2.04. The zero-order chi connectivity index (χ0) is 15.4. The summed E-state index contributed by atoms with van der Waals surface area (Å²) in [6.45, 7) is 0. The Morgan fingerprint density at radius 1 is 1.23 bits per heavy atom. The third-order valence-corrected chi connectivity index (χ3v) is 4.81. The normalized spacial score (nSPS) is 10.9. The van der Waals surface area contributed by atoms with Crippen molar-refractivity contribution in [3.8, 4) is 9.75 Å². The van der Waals surface area contributed by atoms with Crippen LogP contribution in [0.3, 0.4) is 0 Å². The van der Waals surface area contributed by atoms with Crippen molar-refractivity contribution in [1.82, 2.24) is 4.98 Å². The number of hydrazone groups is 1. The van der Waals surface area contributed by atoms with E-state index in [1.54, 1.807) is 28.9 Å². The Morgan fingerprint density at radius 2 is 2.14 bits per heavy atom. The van der Waals surface area contributed by atoms with E-state index in [4.69, 9.17) is 0 Å². The van der Waals surface area contributed by atoms with Crippen molar-refractivity contribution < 1.29 is 4.92 Å². The summed E-state index contributed by atoms with van der Waals surface area (Å²) < 4.78 is 0. The molecule has 110 valence electrons. The van der Waals surface area contributed by atoms with Crippen LogP contribution >= 0.6 is 22.7 Å². The summed E-state index contributed by atoms with van der Waals surface area (Å²) in [5, 5.41) is 16.7. The van der Waals surface area contributed by atoms with Gasteiger partial charge < -0.3 is 0 Å². The van der Waals surface area contributed by atoms with Crippen LogP contribution in [-0.4, -0.2) is 16.1 Å². The number of nitrogens with zero attached hydrogens (tertiary/aromatic N) is 3. The smallest absolute Gasteiger partial charge is 0.261 e. The molecule has 22 heavy (non-hydrogen) atoms. The van der Waals surface area contributed by atoms with Crippen molar-refractivity contribution >= 4 is 40.4 Å². The molecule has 3 aromatic heterocycles. The van der Waals surface area contributed by atoms with E-state index in [0.717, 1.165) is 4.88 Å². The molecule has 3 heterocycles. The van der Waals surface area contributed by atoms with Crippen molar-refractivity contribution in [3.05, 3.63) is 63.0 Å². The minimum atomic E-state index is -0.488. The second kappa shape index (κ2) is 6.46. The number of pyridine rings is 1. The highest BCUT2D eigenvalue weighted by atomic mass is 32.1. The van der Waals surface area contributed by atoms with Gasteiger partial charge in [0.1, 0.15) is 12.0 Å². The maximum atomic E-state index is 10.5. The van der Waals surface area contributed by atoms with Crippen LogP contribution in [0.5, 0.6) is 0 Å². The van der Waals surface area contributed by atoms with Crippen molar-refractivity contribution in [2.75, 3.05) is 5.43 Å². The largest absolute Gasteiger partial charge is 0.287 e. The number of nitro groups is 1. The van der Waals surface area contributed by atoms with E-state index in [1.165, 1.54) is 28.1 Å². The maximum absolute atomic E-state index is 10.5. The van der Waals surface area contributed by atoms with Gasteiger partial charge in [0.2, 0.25) is 0 Å². The van der Waals surface area contributed by atoms with Crippen LogP contribution in [0.25, 0.3) is 9.75 Å². The zero-order valence-corrected chi connectivity index (χ0v) is 12.8. The SMILES string of the molecule is O=[N+]([O-])c1ccc(NN=Cc2ccc(-c3cccs3)s2)nc1. The van der Waals surface area contributed by atoms with Crippen LogP contribution in [-0.2, 0) is 0 Å². The Balaban J connectivity index is 1.63. The van der Waals surface area contributed by atoms with E-state index < -0.39 is 4.92 Å². The molecule has 1 N–H and O–H groups in total. The Morgan fingerprint density at radius 3 is 2.82 bits per heavy atom. The molecule has 0 saturated carbocycles. The average Bonchev–Trinajstić information content (AvgIpc) is 3.19. The Kier molecular flexibility index (Phi) is 4.22. The standard InChI is InChI=1S/C14H10N4O2S2/c19-18(20)10-3-6-14(15-8-10)17-16-9-11-4-5-13(22-11)12-2-1-7-21-12/h1-9H,(H,15,17). The Bertz CT molecular complexity index is 795. The first-order valence-electron chi connectivity index (χ1n) is 6.25. The van der Waals surface area contributed by atoms with E-state index >= 15 is 0 Å². The lowest BCUT2D eigenvalue weighted by Gasteiger charge is -1.97. The number of rotatable bonds is 5. The first-order valence-corrected chi connectivity index (χ1v) is 7.95. The van der Waals surface area contributed by atoms with Gasteiger partial charge in [-0.15, -0.1) is 22.7 Å². The van der Waals surface area contributed by atoms with Gasteiger partial charge in [-0.3, -0.25) is 15.5 Å². The van der Waals surface area contributed by atoms with Gasteiger partial charge in [0.15, 0.2) is 0 Å². The third kappa shape index (κ3) is 3.35. The molecule has 0 bridgehead atoms. The molecule has 6 nitrogen and oxygen atoms in total. The monoisotopic (exact) mass is 330 g/mol. The van der Waals surface area contributed by atoms with E-state index in [9.17, 15) is 10.1 Å². The number of hydrogen-bond acceptors (Lipinski definition) is 7. The summed E-state index contributed by atoms with van der Waals surface area (Å²) in [4.78, 5) is 17.4. The lowest BCUT2D eigenvalue weighted by Crippen LogP contribution is -1.94. The van der Waals surface area contributed by atoms with Crippen molar-refractivity contribution in [2.45, 2.75) is 0 Å². The van der Waals surface area contributed by atoms with E-state index in [1.807, 2.05) is 17.5 Å². The fourth-order valence-electron chi connectivity index (χ4n) is 1.70. The highest BCUT2D eigenvalue weighted by Crippen LogP contribution is 2.30. The second-order valence-electron chi connectivity index (χ2n) is 4.21. The van der Waals surface area contributed by atoms with Gasteiger partial charge >= 0.3 is 0 Å². The van der Waals surface area contributed by atoms with Crippen LogP contribution in [0.2, 0.25) is 0 Å². The molecular weight excluding hydrogens is 320 g/mol. The number of hydrogen-bond donors (Lipinski definition) is 1. The molecule has 0 aliphatic carbocycles. The van der Waals surface area contributed by atoms with E-state index in [0.29, 0.717) is 5.82 Å². The molecule has 0 unspecified atom stereocenters. The first kappa shape index (κ1) is 14.4. The fourth-order valence-corrected chi connectivity index (χ4v) is 3.41. The van der Waals surface area contributed by atoms with Gasteiger partial charge in [0.25, 0.3) is 5.69 Å². The molecule has 0 amide bonds. The number of thiophene rings is 2. The van der Waals surface area contributed by atoms with E-state index in [2.05, 4.69) is 27.6 Å². The number of anilines is 1. The topological polar surface area (TPSA) is 80.4 Å². The molecule has 0 aliphatic heterocycles. The number of aromatic nitrogens is 1. The second-order valence-corrected chi connectivity index (χ2v) is 6.27. The molecule has 0 fully saturated rings. The predicted molar refractivity (Wildman–Crippen MR) is 89.7 cm³/mol. The van der Waals surface area contributed by atoms with Gasteiger partial charge in [-0.1, -0.05) is 6.07 Å². The molecule has 3 aromatic rings. The third-order valence-electron chi connectivity index (χ3n) is 2.72. The van der Waals surface area contributed by atoms with Crippen molar-refractivity contribution in [2.24, 2.45) is 5.10 Å². The molecule has 3 rings (SSSR count). The maximum Gasteiger partial charge on any atom is 0.287 e.